The van der Waals surface area contributed by atoms with E-state index >= 15 is 0 Å². The van der Waals surface area contributed by atoms with Gasteiger partial charge in [-0.1, -0.05) is 26.0 Å². The van der Waals surface area contributed by atoms with E-state index in [2.05, 4.69) is 52.1 Å². The number of aryl methyl sites for hydroxylation is 1. The molecule has 0 aromatic heterocycles. The molecule has 0 spiro atoms. The van der Waals surface area contributed by atoms with E-state index in [4.69, 9.17) is 4.74 Å². The zero-order chi connectivity index (χ0) is 14.4. The SMILES string of the molecule is Cc1ccc(C(C)C)c(OCC(O)C[NH2+]C(C)C)c1. The first-order chi connectivity index (χ1) is 8.90. The Morgan fingerprint density at radius 2 is 1.89 bits per heavy atom. The number of rotatable bonds is 7. The Morgan fingerprint density at radius 3 is 2.47 bits per heavy atom. The molecule has 0 radical (unpaired) electrons. The monoisotopic (exact) mass is 266 g/mol. The average Bonchev–Trinajstić information content (AvgIpc) is 2.33. The van der Waals surface area contributed by atoms with Crippen LogP contribution in [0.5, 0.6) is 5.75 Å². The first kappa shape index (κ1) is 16.0. The fourth-order valence-corrected chi connectivity index (χ4v) is 1.93. The summed E-state index contributed by atoms with van der Waals surface area (Å²) in [6, 6.07) is 6.77. The fourth-order valence-electron chi connectivity index (χ4n) is 1.93. The summed E-state index contributed by atoms with van der Waals surface area (Å²) in [6.07, 6.45) is -0.428. The summed E-state index contributed by atoms with van der Waals surface area (Å²) < 4.78 is 5.80. The maximum Gasteiger partial charge on any atom is 0.137 e. The molecule has 0 saturated heterocycles. The highest BCUT2D eigenvalue weighted by atomic mass is 16.5. The van der Waals surface area contributed by atoms with Gasteiger partial charge in [-0.25, -0.2) is 0 Å². The minimum absolute atomic E-state index is 0.354. The lowest BCUT2D eigenvalue weighted by atomic mass is 10.0. The van der Waals surface area contributed by atoms with Gasteiger partial charge < -0.3 is 15.2 Å². The molecule has 0 aliphatic rings. The molecule has 0 amide bonds. The van der Waals surface area contributed by atoms with Gasteiger partial charge in [0.15, 0.2) is 0 Å². The molecule has 0 bridgehead atoms. The molecule has 1 atom stereocenters. The number of aliphatic hydroxyl groups excluding tert-OH is 1. The first-order valence-corrected chi connectivity index (χ1v) is 7.15. The Bertz CT molecular complexity index is 388. The standard InChI is InChI=1S/C16H27NO2/c1-11(2)15-7-6-13(5)8-16(15)19-10-14(18)9-17-12(3)4/h6-8,11-12,14,17-18H,9-10H2,1-5H3/p+1. The predicted octanol–water partition coefficient (Wildman–Crippen LogP) is 1.83. The molecule has 3 heteroatoms. The number of benzene rings is 1. The highest BCUT2D eigenvalue weighted by Crippen LogP contribution is 2.27. The second-order valence-electron chi connectivity index (χ2n) is 5.88. The lowest BCUT2D eigenvalue weighted by molar-refractivity contribution is -0.688. The van der Waals surface area contributed by atoms with Gasteiger partial charge in [0.2, 0.25) is 0 Å². The topological polar surface area (TPSA) is 46.1 Å². The Morgan fingerprint density at radius 1 is 1.21 bits per heavy atom. The largest absolute Gasteiger partial charge is 0.490 e. The van der Waals surface area contributed by atoms with Crippen LogP contribution in [0.4, 0.5) is 0 Å². The second-order valence-corrected chi connectivity index (χ2v) is 5.88. The molecule has 3 N–H and O–H groups in total. The molecule has 19 heavy (non-hydrogen) atoms. The fraction of sp³-hybridized carbons (Fsp3) is 0.625. The Labute approximate surface area is 117 Å². The smallest absolute Gasteiger partial charge is 0.137 e. The minimum atomic E-state index is -0.428. The summed E-state index contributed by atoms with van der Waals surface area (Å²) in [5.74, 6) is 1.33. The van der Waals surface area contributed by atoms with Gasteiger partial charge in [-0.15, -0.1) is 0 Å². The number of quaternary nitrogens is 1. The van der Waals surface area contributed by atoms with Crippen LogP contribution in [-0.2, 0) is 0 Å². The molecule has 1 unspecified atom stereocenters. The summed E-state index contributed by atoms with van der Waals surface area (Å²) in [4.78, 5) is 0. The third-order valence-corrected chi connectivity index (χ3v) is 3.10. The van der Waals surface area contributed by atoms with Crippen molar-refractivity contribution >= 4 is 0 Å². The summed E-state index contributed by atoms with van der Waals surface area (Å²) in [5.41, 5.74) is 2.38. The lowest BCUT2D eigenvalue weighted by Gasteiger charge is -2.17. The number of hydrogen-bond acceptors (Lipinski definition) is 2. The molecule has 3 nitrogen and oxygen atoms in total. The Kier molecular flexibility index (Phi) is 6.32. The lowest BCUT2D eigenvalue weighted by Crippen LogP contribution is -2.90. The molecule has 1 aromatic carbocycles. The molecule has 0 saturated carbocycles. The molecular weight excluding hydrogens is 238 g/mol. The van der Waals surface area contributed by atoms with Crippen LogP contribution < -0.4 is 10.1 Å². The van der Waals surface area contributed by atoms with Crippen LogP contribution in [0.15, 0.2) is 18.2 Å². The van der Waals surface area contributed by atoms with Crippen molar-refractivity contribution in [3.05, 3.63) is 29.3 Å². The molecule has 108 valence electrons. The molecule has 1 rings (SSSR count). The maximum absolute atomic E-state index is 9.90. The van der Waals surface area contributed by atoms with E-state index in [1.54, 1.807) is 0 Å². The quantitative estimate of drug-likeness (QED) is 0.791. The van der Waals surface area contributed by atoms with Crippen LogP contribution in [0.1, 0.15) is 44.7 Å². The van der Waals surface area contributed by atoms with E-state index in [1.807, 2.05) is 6.07 Å². The number of ether oxygens (including phenoxy) is 1. The normalized spacial score (nSPS) is 13.1. The van der Waals surface area contributed by atoms with Gasteiger partial charge in [-0.3, -0.25) is 0 Å². The van der Waals surface area contributed by atoms with E-state index in [0.29, 0.717) is 25.1 Å². The van der Waals surface area contributed by atoms with Crippen molar-refractivity contribution in [1.82, 2.24) is 0 Å². The molecule has 0 aliphatic heterocycles. The third-order valence-electron chi connectivity index (χ3n) is 3.10. The van der Waals surface area contributed by atoms with E-state index in [9.17, 15) is 5.11 Å². The summed E-state index contributed by atoms with van der Waals surface area (Å²) in [5, 5.41) is 12.0. The van der Waals surface area contributed by atoms with Gasteiger partial charge in [0.1, 0.15) is 25.0 Å². The zero-order valence-electron chi connectivity index (χ0n) is 12.8. The van der Waals surface area contributed by atoms with Gasteiger partial charge in [-0.05, 0) is 43.9 Å². The van der Waals surface area contributed by atoms with Crippen LogP contribution in [0, 0.1) is 6.92 Å². The van der Waals surface area contributed by atoms with Crippen LogP contribution >= 0.6 is 0 Å². The third kappa shape index (κ3) is 5.62. The molecule has 1 aromatic rings. The van der Waals surface area contributed by atoms with Crippen LogP contribution in [0.2, 0.25) is 0 Å². The van der Waals surface area contributed by atoms with Crippen molar-refractivity contribution in [3.8, 4) is 5.75 Å². The van der Waals surface area contributed by atoms with Crippen molar-refractivity contribution in [2.24, 2.45) is 0 Å². The van der Waals surface area contributed by atoms with Crippen molar-refractivity contribution < 1.29 is 15.2 Å². The first-order valence-electron chi connectivity index (χ1n) is 7.15. The van der Waals surface area contributed by atoms with E-state index in [0.717, 1.165) is 5.75 Å². The number of hydrogen-bond donors (Lipinski definition) is 2. The molecule has 0 aliphatic carbocycles. The van der Waals surface area contributed by atoms with Gasteiger partial charge in [-0.2, -0.15) is 0 Å². The number of nitrogens with two attached hydrogens (primary N) is 1. The molecule has 0 fully saturated rings. The van der Waals surface area contributed by atoms with Crippen molar-refractivity contribution in [3.63, 3.8) is 0 Å². The second kappa shape index (κ2) is 7.51. The van der Waals surface area contributed by atoms with Crippen LogP contribution in [0.3, 0.4) is 0 Å². The summed E-state index contributed by atoms with van der Waals surface area (Å²) in [6.45, 7) is 11.6. The maximum atomic E-state index is 9.90. The molecule has 0 heterocycles. The highest BCUT2D eigenvalue weighted by molar-refractivity contribution is 5.39. The van der Waals surface area contributed by atoms with Gasteiger partial charge in [0.05, 0.1) is 6.04 Å². The highest BCUT2D eigenvalue weighted by Gasteiger charge is 2.12. The molecular formula is C16H28NO2+. The van der Waals surface area contributed by atoms with Crippen LogP contribution in [-0.4, -0.2) is 30.4 Å². The van der Waals surface area contributed by atoms with E-state index < -0.39 is 6.10 Å². The summed E-state index contributed by atoms with van der Waals surface area (Å²) >= 11 is 0. The van der Waals surface area contributed by atoms with Crippen molar-refractivity contribution in [2.45, 2.75) is 52.7 Å². The van der Waals surface area contributed by atoms with Gasteiger partial charge in [0, 0.05) is 0 Å². The van der Waals surface area contributed by atoms with E-state index in [-0.39, 0.29) is 0 Å². The Balaban J connectivity index is 2.59. The number of aliphatic hydroxyl groups is 1. The van der Waals surface area contributed by atoms with Gasteiger partial charge >= 0.3 is 0 Å². The van der Waals surface area contributed by atoms with Gasteiger partial charge in [0.25, 0.3) is 0 Å². The average molecular weight is 266 g/mol. The zero-order valence-corrected chi connectivity index (χ0v) is 12.8. The predicted molar refractivity (Wildman–Crippen MR) is 78.7 cm³/mol. The van der Waals surface area contributed by atoms with Crippen LogP contribution in [0.25, 0.3) is 0 Å². The van der Waals surface area contributed by atoms with Crippen molar-refractivity contribution in [2.75, 3.05) is 13.2 Å². The Hall–Kier alpha value is -1.06. The van der Waals surface area contributed by atoms with Crippen molar-refractivity contribution in [1.29, 1.82) is 0 Å². The van der Waals surface area contributed by atoms with E-state index in [1.165, 1.54) is 11.1 Å². The minimum Gasteiger partial charge on any atom is -0.490 e. The summed E-state index contributed by atoms with van der Waals surface area (Å²) in [7, 11) is 0.